The van der Waals surface area contributed by atoms with Crippen molar-refractivity contribution in [1.82, 2.24) is 19.1 Å². The van der Waals surface area contributed by atoms with Crippen LogP contribution in [0.15, 0.2) is 74.0 Å². The first-order valence-corrected chi connectivity index (χ1v) is 21.8. The summed E-state index contributed by atoms with van der Waals surface area (Å²) in [6, 6.07) is 10.2. The molecule has 0 radical (unpaired) electrons. The highest BCUT2D eigenvalue weighted by Gasteiger charge is 2.43. The molecular weight excluding hydrogens is 860 g/mol. The van der Waals surface area contributed by atoms with Crippen molar-refractivity contribution in [2.45, 2.75) is 57.5 Å². The number of nitrogens with zero attached hydrogens (tertiary/aromatic N) is 2. The Morgan fingerprint density at radius 3 is 1.77 bits per heavy atom. The van der Waals surface area contributed by atoms with Crippen LogP contribution in [0.2, 0.25) is 0 Å². The van der Waals surface area contributed by atoms with Crippen molar-refractivity contribution >= 4 is 36.8 Å². The van der Waals surface area contributed by atoms with Gasteiger partial charge in [0.1, 0.15) is 6.10 Å². The van der Waals surface area contributed by atoms with Crippen LogP contribution in [0, 0.1) is 0 Å². The quantitative estimate of drug-likeness (QED) is 0.0715. The van der Waals surface area contributed by atoms with E-state index in [1.165, 1.54) is 6.20 Å². The molecule has 318 valence electrons. The second kappa shape index (κ2) is 19.5. The molecule has 2 unspecified atom stereocenters. The molecule has 5 rings (SSSR count). The number of carbonyl (C=O) groups excluding carboxylic acids is 1. The second-order valence-corrected chi connectivity index (χ2v) is 17.7. The van der Waals surface area contributed by atoms with Crippen LogP contribution < -0.4 is 22.5 Å². The van der Waals surface area contributed by atoms with E-state index < -0.39 is 109 Å². The third kappa shape index (κ3) is 15.0. The van der Waals surface area contributed by atoms with Crippen LogP contribution in [-0.2, 0) is 50.6 Å². The summed E-state index contributed by atoms with van der Waals surface area (Å²) in [5, 5.41) is 9.94. The molecule has 3 aromatic rings. The zero-order chi connectivity index (χ0) is 41.6. The average molecular weight is 896 g/mol. The van der Waals surface area contributed by atoms with E-state index in [1.807, 2.05) is 4.98 Å². The Morgan fingerprint density at radius 1 is 0.737 bits per heavy atom. The molecule has 0 aliphatic carbocycles. The number of rotatable bonds is 14. The number of esters is 1. The molecule has 0 amide bonds. The number of ether oxygens (including phenoxy) is 5. The average Bonchev–Trinajstić information content (AvgIpc) is 3.64. The minimum atomic E-state index is -5.61. The summed E-state index contributed by atoms with van der Waals surface area (Å²) in [6.45, 7) is 0. The molecule has 4 heterocycles. The van der Waals surface area contributed by atoms with Gasteiger partial charge in [-0.05, 0) is 12.1 Å². The number of nitrogens with one attached hydrogen (secondary N) is 2. The van der Waals surface area contributed by atoms with Gasteiger partial charge in [0.2, 0.25) is 0 Å². The fraction of sp³-hybridized carbons (Fsp3) is 0.423. The van der Waals surface area contributed by atoms with Crippen molar-refractivity contribution in [3.8, 4) is 0 Å². The third-order valence-electron chi connectivity index (χ3n) is 6.90. The van der Waals surface area contributed by atoms with E-state index in [0.717, 1.165) is 27.5 Å². The molecule has 1 aromatic carbocycles. The molecule has 9 N–H and O–H groups in total. The largest absolute Gasteiger partial charge is 0.488 e. The highest BCUT2D eigenvalue weighted by molar-refractivity contribution is 7.68. The molecule has 0 saturated carbocycles. The summed E-state index contributed by atoms with van der Waals surface area (Å²) in [5.74, 6) is -0.674. The molecule has 2 aromatic heterocycles. The predicted molar refractivity (Wildman–Crippen MR) is 186 cm³/mol. The Morgan fingerprint density at radius 2 is 1.25 bits per heavy atom. The number of aliphatic hydroxyl groups excluding tert-OH is 1. The van der Waals surface area contributed by atoms with E-state index in [1.54, 1.807) is 30.3 Å². The van der Waals surface area contributed by atoms with Gasteiger partial charge in [-0.3, -0.25) is 37.8 Å². The van der Waals surface area contributed by atoms with E-state index in [9.17, 15) is 52.2 Å². The van der Waals surface area contributed by atoms with Crippen molar-refractivity contribution < 1.29 is 89.8 Å². The maximum atomic E-state index is 12.4. The van der Waals surface area contributed by atoms with E-state index in [2.05, 4.69) is 13.6 Å². The van der Waals surface area contributed by atoms with Gasteiger partial charge in [-0.15, -0.1) is 0 Å². The minimum absolute atomic E-state index is 0. The van der Waals surface area contributed by atoms with E-state index in [4.69, 9.17) is 48.2 Å². The van der Waals surface area contributed by atoms with Gasteiger partial charge in [-0.2, -0.15) is 4.31 Å². The smallest absolute Gasteiger partial charge is 0.454 e. The molecule has 27 nitrogen and oxygen atoms in total. The van der Waals surface area contributed by atoms with Crippen LogP contribution in [0.5, 0.6) is 0 Å². The number of aromatic nitrogens is 4. The van der Waals surface area contributed by atoms with Crippen molar-refractivity contribution in [2.24, 2.45) is 0 Å². The topological polar surface area (TPSA) is 401 Å². The molecule has 2 saturated heterocycles. The molecule has 2 aliphatic heterocycles. The summed E-state index contributed by atoms with van der Waals surface area (Å²) in [4.78, 5) is 116. The van der Waals surface area contributed by atoms with Crippen LogP contribution in [-0.4, -0.2) is 97.0 Å². The van der Waals surface area contributed by atoms with Crippen molar-refractivity contribution in [1.29, 1.82) is 0 Å². The van der Waals surface area contributed by atoms with Crippen LogP contribution in [0.1, 0.15) is 43.1 Å². The van der Waals surface area contributed by atoms with Gasteiger partial charge >= 0.3 is 48.2 Å². The lowest BCUT2D eigenvalue weighted by atomic mass is 10.2. The lowest BCUT2D eigenvalue weighted by Crippen LogP contribution is -2.36. The molecule has 0 bridgehead atoms. The van der Waals surface area contributed by atoms with Gasteiger partial charge in [0.15, 0.2) is 43.8 Å². The standard InChI is InChI=1S/C16H17N2O9P.C9H15N2O14P3.CH4/c19-12-6-7-18(16(21)17-12)14-11(8-13(27-14)25-9-28(22,23)24)26-15(20)10-4-2-1-3-5-10;12-5-3-7(23-8(5)11-2-1-6(13)10-9(11)14)22-4-26(15,16)24-28(20,21)25-27(17,18)19;/h1-7,11,13-14H,8-9H2,(H,17,19,21)(H2,22,23,24);1-2,5,7-8,12H,3-4H2,(H,15,16)(H,20,21)(H,10,13,14)(H2,17,18,19);1H4/t11-,13-,14+;5-,7-,8+;/m00./s1. The van der Waals surface area contributed by atoms with Gasteiger partial charge < -0.3 is 58.2 Å². The zero-order valence-electron chi connectivity index (χ0n) is 27.8. The summed E-state index contributed by atoms with van der Waals surface area (Å²) in [5.41, 5.74) is -2.73. The van der Waals surface area contributed by atoms with Crippen LogP contribution in [0.3, 0.4) is 0 Å². The second-order valence-electron chi connectivity index (χ2n) is 11.3. The maximum Gasteiger partial charge on any atom is 0.488 e. The van der Waals surface area contributed by atoms with Crippen molar-refractivity contribution in [3.05, 3.63) is 102 Å². The zero-order valence-corrected chi connectivity index (χ0v) is 31.4. The van der Waals surface area contributed by atoms with E-state index >= 15 is 0 Å². The Kier molecular flexibility index (Phi) is 16.3. The van der Waals surface area contributed by atoms with E-state index in [-0.39, 0.29) is 25.8 Å². The van der Waals surface area contributed by atoms with Crippen LogP contribution in [0.25, 0.3) is 0 Å². The fourth-order valence-electron chi connectivity index (χ4n) is 4.76. The SMILES string of the molecule is C.O=C(O[C@H]1C[C@@H](OCP(=O)(O)O)O[C@H]1n1ccc(=O)[nH]c1=O)c1ccccc1.O=c1ccn([C@@H]2O[C@H](OCP(=O)(O)OP(=O)(O)OP(=O)(O)O)C[C@@H]2O)c(=O)[nH]1. The first-order valence-electron chi connectivity index (χ1n) is 15.2. The number of phosphoric acid groups is 2. The number of hydrogen-bond acceptors (Lipinski definition) is 17. The van der Waals surface area contributed by atoms with Gasteiger partial charge in [-0.1, -0.05) is 25.6 Å². The van der Waals surface area contributed by atoms with Gasteiger partial charge in [0.05, 0.1) is 5.56 Å². The first kappa shape index (κ1) is 47.8. The Bertz CT molecular complexity index is 2280. The number of H-pyrrole nitrogens is 2. The van der Waals surface area contributed by atoms with Crippen molar-refractivity contribution in [3.63, 3.8) is 0 Å². The number of hydrogen-bond donors (Lipinski definition) is 9. The third-order valence-corrected chi connectivity index (χ3v) is 11.4. The van der Waals surface area contributed by atoms with Crippen LogP contribution in [0.4, 0.5) is 0 Å². The normalized spacial score (nSPS) is 24.3. The lowest BCUT2D eigenvalue weighted by Gasteiger charge is -2.20. The number of carbonyl (C=O) groups is 1. The lowest BCUT2D eigenvalue weighted by molar-refractivity contribution is -0.147. The molecule has 2 fully saturated rings. The fourth-order valence-corrected chi connectivity index (χ4v) is 8.42. The number of aromatic amines is 2. The summed E-state index contributed by atoms with van der Waals surface area (Å²) < 4.78 is 79.5. The Labute approximate surface area is 317 Å². The van der Waals surface area contributed by atoms with Crippen LogP contribution >= 0.6 is 30.8 Å². The van der Waals surface area contributed by atoms with Gasteiger partial charge in [0.25, 0.3) is 11.1 Å². The monoisotopic (exact) mass is 896 g/mol. The van der Waals surface area contributed by atoms with Gasteiger partial charge in [0, 0.05) is 37.4 Å². The molecule has 8 atom stereocenters. The molecule has 57 heavy (non-hydrogen) atoms. The minimum Gasteiger partial charge on any atom is -0.454 e. The molecule has 2 aliphatic rings. The number of aliphatic hydroxyl groups is 1. The highest BCUT2D eigenvalue weighted by Crippen LogP contribution is 2.66. The Balaban J connectivity index is 0.000000300. The molecule has 0 spiro atoms. The number of benzene rings is 1. The molecular formula is C26H36N4O23P4. The van der Waals surface area contributed by atoms with Gasteiger partial charge in [-0.25, -0.2) is 27.8 Å². The van der Waals surface area contributed by atoms with Crippen molar-refractivity contribution in [2.75, 3.05) is 12.7 Å². The summed E-state index contributed by atoms with van der Waals surface area (Å²) in [7, 11) is -20.6. The summed E-state index contributed by atoms with van der Waals surface area (Å²) >= 11 is 0. The summed E-state index contributed by atoms with van der Waals surface area (Å²) in [6.07, 6.45) is -7.65. The maximum absolute atomic E-state index is 12.4. The highest BCUT2D eigenvalue weighted by atomic mass is 31.3. The molecule has 31 heteroatoms. The Hall–Kier alpha value is -3.55. The predicted octanol–water partition coefficient (Wildman–Crippen LogP) is -0.677. The van der Waals surface area contributed by atoms with E-state index in [0.29, 0.717) is 0 Å². The first-order chi connectivity index (χ1) is 25.9.